The molecule has 1 aliphatic rings. The molecule has 0 bridgehead atoms. The monoisotopic (exact) mass is 175 g/mol. The van der Waals surface area contributed by atoms with Crippen LogP contribution in [-0.4, -0.2) is 13.2 Å². The molecule has 0 saturated carbocycles. The van der Waals surface area contributed by atoms with Crippen molar-refractivity contribution in [3.63, 3.8) is 0 Å². The Bertz CT molecular complexity index is 313. The van der Waals surface area contributed by atoms with E-state index >= 15 is 0 Å². The van der Waals surface area contributed by atoms with Gasteiger partial charge < -0.3 is 10.5 Å². The average Bonchev–Trinajstić information content (AvgIpc) is 2.20. The maximum atomic E-state index is 5.61. The zero-order valence-electron chi connectivity index (χ0n) is 7.49. The molecule has 0 unspecified atom stereocenters. The summed E-state index contributed by atoms with van der Waals surface area (Å²) in [6.07, 6.45) is 3.14. The van der Waals surface area contributed by atoms with Gasteiger partial charge in [-0.3, -0.25) is 0 Å². The highest BCUT2D eigenvalue weighted by Crippen LogP contribution is 2.21. The Labute approximate surface area is 78.0 Å². The maximum Gasteiger partial charge on any atom is 0.0653 e. The Hall–Kier alpha value is -1.28. The molecular formula is C11H13NO. The summed E-state index contributed by atoms with van der Waals surface area (Å²) in [5, 5.41) is 0. The molecule has 68 valence electrons. The Balaban J connectivity index is 2.24. The third-order valence-corrected chi connectivity index (χ3v) is 2.24. The Morgan fingerprint density at radius 3 is 2.54 bits per heavy atom. The molecule has 1 aromatic rings. The number of rotatable bonds is 1. The summed E-state index contributed by atoms with van der Waals surface area (Å²) in [7, 11) is 0. The molecule has 2 heteroatoms. The number of nitrogens with two attached hydrogens (primary N) is 1. The van der Waals surface area contributed by atoms with E-state index in [1.807, 2.05) is 12.1 Å². The standard InChI is InChI=1S/C11H13NO/c12-11-3-1-9(2-4-11)10-5-7-13-8-6-10/h1-5H,6-8,12H2. The fourth-order valence-electron chi connectivity index (χ4n) is 1.49. The van der Waals surface area contributed by atoms with Gasteiger partial charge in [-0.15, -0.1) is 0 Å². The van der Waals surface area contributed by atoms with Crippen LogP contribution in [0.1, 0.15) is 12.0 Å². The van der Waals surface area contributed by atoms with Gasteiger partial charge in [-0.25, -0.2) is 0 Å². The quantitative estimate of drug-likeness (QED) is 0.663. The van der Waals surface area contributed by atoms with Gasteiger partial charge in [-0.05, 0) is 29.7 Å². The minimum atomic E-state index is 0.736. The maximum absolute atomic E-state index is 5.61. The summed E-state index contributed by atoms with van der Waals surface area (Å²) in [4.78, 5) is 0. The van der Waals surface area contributed by atoms with Gasteiger partial charge in [0.1, 0.15) is 0 Å². The summed E-state index contributed by atoms with van der Waals surface area (Å²) < 4.78 is 5.24. The molecule has 0 aromatic heterocycles. The topological polar surface area (TPSA) is 35.2 Å². The summed E-state index contributed by atoms with van der Waals surface area (Å²) in [5.74, 6) is 0. The van der Waals surface area contributed by atoms with Crippen LogP contribution < -0.4 is 5.73 Å². The number of hydrogen-bond donors (Lipinski definition) is 1. The van der Waals surface area contributed by atoms with Crippen LogP contribution >= 0.6 is 0 Å². The molecule has 0 spiro atoms. The first-order valence-corrected chi connectivity index (χ1v) is 4.49. The predicted octanol–water partition coefficient (Wildman–Crippen LogP) is 2.07. The zero-order chi connectivity index (χ0) is 9.10. The van der Waals surface area contributed by atoms with E-state index in [1.54, 1.807) is 0 Å². The molecule has 1 heterocycles. The van der Waals surface area contributed by atoms with Gasteiger partial charge in [0.25, 0.3) is 0 Å². The molecule has 2 nitrogen and oxygen atoms in total. The van der Waals surface area contributed by atoms with E-state index in [-0.39, 0.29) is 0 Å². The fourth-order valence-corrected chi connectivity index (χ4v) is 1.49. The van der Waals surface area contributed by atoms with Gasteiger partial charge in [0, 0.05) is 5.69 Å². The molecule has 0 amide bonds. The minimum Gasteiger partial charge on any atom is -0.399 e. The molecule has 2 N–H and O–H groups in total. The number of ether oxygens (including phenoxy) is 1. The summed E-state index contributed by atoms with van der Waals surface area (Å²) in [5.41, 5.74) is 9.06. The number of benzene rings is 1. The van der Waals surface area contributed by atoms with Crippen LogP contribution in [-0.2, 0) is 4.74 Å². The third kappa shape index (κ3) is 1.90. The largest absolute Gasteiger partial charge is 0.399 e. The molecule has 0 saturated heterocycles. The number of nitrogen functional groups attached to an aromatic ring is 1. The third-order valence-electron chi connectivity index (χ3n) is 2.24. The SMILES string of the molecule is Nc1ccc(C2=CCOCC2)cc1. The van der Waals surface area contributed by atoms with Crippen molar-refractivity contribution in [2.75, 3.05) is 18.9 Å². The minimum absolute atomic E-state index is 0.736. The lowest BCUT2D eigenvalue weighted by Gasteiger charge is -2.13. The molecule has 0 radical (unpaired) electrons. The van der Waals surface area contributed by atoms with Crippen molar-refractivity contribution in [1.29, 1.82) is 0 Å². The highest BCUT2D eigenvalue weighted by Gasteiger charge is 2.05. The lowest BCUT2D eigenvalue weighted by atomic mass is 10.0. The van der Waals surface area contributed by atoms with Crippen LogP contribution in [0.15, 0.2) is 30.3 Å². The predicted molar refractivity (Wildman–Crippen MR) is 54.3 cm³/mol. The second kappa shape index (κ2) is 3.62. The van der Waals surface area contributed by atoms with E-state index < -0.39 is 0 Å². The molecule has 0 aliphatic carbocycles. The Kier molecular flexibility index (Phi) is 2.32. The Morgan fingerprint density at radius 2 is 1.92 bits per heavy atom. The summed E-state index contributed by atoms with van der Waals surface area (Å²) in [6.45, 7) is 1.57. The van der Waals surface area contributed by atoms with Crippen LogP contribution in [0.2, 0.25) is 0 Å². The number of hydrogen-bond acceptors (Lipinski definition) is 2. The van der Waals surface area contributed by atoms with Crippen molar-refractivity contribution in [3.05, 3.63) is 35.9 Å². The molecule has 13 heavy (non-hydrogen) atoms. The smallest absolute Gasteiger partial charge is 0.0653 e. The van der Waals surface area contributed by atoms with E-state index in [0.717, 1.165) is 25.3 Å². The van der Waals surface area contributed by atoms with Crippen LogP contribution in [0.5, 0.6) is 0 Å². The van der Waals surface area contributed by atoms with Crippen molar-refractivity contribution in [2.45, 2.75) is 6.42 Å². The van der Waals surface area contributed by atoms with E-state index in [9.17, 15) is 0 Å². The van der Waals surface area contributed by atoms with E-state index in [4.69, 9.17) is 10.5 Å². The first kappa shape index (κ1) is 8.32. The summed E-state index contributed by atoms with van der Waals surface area (Å²) in [6, 6.07) is 8.00. The first-order valence-electron chi connectivity index (χ1n) is 4.49. The highest BCUT2D eigenvalue weighted by atomic mass is 16.5. The molecule has 0 fully saturated rings. The molecule has 1 aromatic carbocycles. The first-order chi connectivity index (χ1) is 6.36. The average molecular weight is 175 g/mol. The van der Waals surface area contributed by atoms with Crippen LogP contribution in [0.25, 0.3) is 5.57 Å². The molecule has 2 rings (SSSR count). The van der Waals surface area contributed by atoms with Gasteiger partial charge in [-0.2, -0.15) is 0 Å². The van der Waals surface area contributed by atoms with Crippen LogP contribution in [0, 0.1) is 0 Å². The van der Waals surface area contributed by atoms with Gasteiger partial charge in [0.2, 0.25) is 0 Å². The zero-order valence-corrected chi connectivity index (χ0v) is 7.49. The summed E-state index contributed by atoms with van der Waals surface area (Å²) >= 11 is 0. The van der Waals surface area contributed by atoms with Crippen molar-refractivity contribution in [2.24, 2.45) is 0 Å². The second-order valence-corrected chi connectivity index (χ2v) is 3.18. The lowest BCUT2D eigenvalue weighted by molar-refractivity contribution is 0.161. The van der Waals surface area contributed by atoms with Crippen molar-refractivity contribution < 1.29 is 4.74 Å². The van der Waals surface area contributed by atoms with Crippen LogP contribution in [0.3, 0.4) is 0 Å². The van der Waals surface area contributed by atoms with Crippen molar-refractivity contribution >= 4 is 11.3 Å². The van der Waals surface area contributed by atoms with Gasteiger partial charge in [0.05, 0.1) is 13.2 Å². The van der Waals surface area contributed by atoms with E-state index in [1.165, 1.54) is 11.1 Å². The lowest BCUT2D eigenvalue weighted by Crippen LogP contribution is -2.03. The normalized spacial score (nSPS) is 16.8. The second-order valence-electron chi connectivity index (χ2n) is 3.18. The molecule has 0 atom stereocenters. The van der Waals surface area contributed by atoms with Gasteiger partial charge >= 0.3 is 0 Å². The highest BCUT2D eigenvalue weighted by molar-refractivity contribution is 5.67. The Morgan fingerprint density at radius 1 is 1.15 bits per heavy atom. The van der Waals surface area contributed by atoms with Crippen LogP contribution in [0.4, 0.5) is 5.69 Å². The molecular weight excluding hydrogens is 162 g/mol. The fraction of sp³-hybridized carbons (Fsp3) is 0.273. The van der Waals surface area contributed by atoms with E-state index in [0.29, 0.717) is 0 Å². The van der Waals surface area contributed by atoms with Crippen molar-refractivity contribution in [1.82, 2.24) is 0 Å². The molecule has 1 aliphatic heterocycles. The van der Waals surface area contributed by atoms with Gasteiger partial charge in [0.15, 0.2) is 0 Å². The van der Waals surface area contributed by atoms with E-state index in [2.05, 4.69) is 18.2 Å². The van der Waals surface area contributed by atoms with Gasteiger partial charge in [-0.1, -0.05) is 18.2 Å². The van der Waals surface area contributed by atoms with Crippen molar-refractivity contribution in [3.8, 4) is 0 Å². The number of anilines is 1.